The number of methoxy groups -OCH3 is 2. The third kappa shape index (κ3) is 5.33. The number of rotatable bonds is 7. The molecule has 8 unspecified atom stereocenters. The minimum atomic E-state index is -3.37. The fraction of sp³-hybridized carbons (Fsp3) is 1.00. The van der Waals surface area contributed by atoms with Crippen LogP contribution >= 0.6 is 11.8 Å². The Labute approximate surface area is 185 Å². The lowest BCUT2D eigenvalue weighted by Crippen LogP contribution is -2.75. The molecule has 2 saturated heterocycles. The second-order valence-electron chi connectivity index (χ2n) is 9.12. The van der Waals surface area contributed by atoms with Crippen LogP contribution < -0.4 is 20.7 Å². The van der Waals surface area contributed by atoms with Gasteiger partial charge in [-0.15, -0.1) is 11.8 Å². The molecule has 0 aromatic heterocycles. The summed E-state index contributed by atoms with van der Waals surface area (Å²) < 4.78 is 39.9. The van der Waals surface area contributed by atoms with Crippen LogP contribution in [0.25, 0.3) is 0 Å². The Morgan fingerprint density at radius 3 is 2.20 bits per heavy atom. The largest absolute Gasteiger partial charge is 0.379 e. The molecule has 8 nitrogen and oxygen atoms in total. The first-order valence-corrected chi connectivity index (χ1v) is 14.1. The number of sulfonamides is 1. The van der Waals surface area contributed by atoms with Crippen molar-refractivity contribution in [1.82, 2.24) is 20.7 Å². The molecular formula is C20H38N4O4S2. The Bertz CT molecular complexity index is 661. The average Bonchev–Trinajstić information content (AvgIpc) is 3.30. The second-order valence-corrected chi connectivity index (χ2v) is 12.6. The first kappa shape index (κ1) is 23.2. The van der Waals surface area contributed by atoms with Crippen molar-refractivity contribution in [3.05, 3.63) is 0 Å². The van der Waals surface area contributed by atoms with E-state index in [4.69, 9.17) is 9.47 Å². The van der Waals surface area contributed by atoms with E-state index < -0.39 is 10.0 Å². The third-order valence-electron chi connectivity index (χ3n) is 7.16. The van der Waals surface area contributed by atoms with E-state index in [2.05, 4.69) is 20.7 Å². The van der Waals surface area contributed by atoms with E-state index in [9.17, 15) is 8.42 Å². The van der Waals surface area contributed by atoms with Gasteiger partial charge in [-0.05, 0) is 50.7 Å². The highest BCUT2D eigenvalue weighted by Gasteiger charge is 2.42. The number of hydrogen-bond donors (Lipinski definition) is 4. The van der Waals surface area contributed by atoms with Gasteiger partial charge in [0.15, 0.2) is 0 Å². The summed E-state index contributed by atoms with van der Waals surface area (Å²) in [7, 11) is 0.107. The summed E-state index contributed by atoms with van der Waals surface area (Å²) in [5.41, 5.74) is 0. The van der Waals surface area contributed by atoms with Gasteiger partial charge in [0.2, 0.25) is 10.0 Å². The molecule has 4 N–H and O–H groups in total. The number of piperazine rings is 1. The maximum Gasteiger partial charge on any atom is 0.225 e. The predicted molar refractivity (Wildman–Crippen MR) is 120 cm³/mol. The molecule has 8 atom stereocenters. The van der Waals surface area contributed by atoms with Gasteiger partial charge in [-0.2, -0.15) is 4.72 Å². The highest BCUT2D eigenvalue weighted by molar-refractivity contribution is 8.13. The van der Waals surface area contributed by atoms with Crippen LogP contribution in [0.1, 0.15) is 57.8 Å². The number of fused-ring (bicyclic) bond motifs is 1. The number of thioether (sulfide) groups is 1. The van der Waals surface area contributed by atoms with Crippen LogP contribution in [0.4, 0.5) is 0 Å². The molecule has 10 heteroatoms. The average molecular weight is 463 g/mol. The van der Waals surface area contributed by atoms with E-state index in [1.165, 1.54) is 12.8 Å². The third-order valence-corrected chi connectivity index (χ3v) is 11.0. The zero-order chi connectivity index (χ0) is 21.1. The van der Waals surface area contributed by atoms with Crippen molar-refractivity contribution >= 4 is 21.8 Å². The van der Waals surface area contributed by atoms with Crippen molar-refractivity contribution in [1.29, 1.82) is 0 Å². The molecule has 2 aliphatic carbocycles. The Hall–Kier alpha value is 0.0600. The molecule has 2 aliphatic heterocycles. The number of ether oxygens (including phenoxy) is 2. The molecule has 0 aromatic carbocycles. The molecule has 174 valence electrons. The van der Waals surface area contributed by atoms with Crippen LogP contribution in [0.5, 0.6) is 0 Å². The highest BCUT2D eigenvalue weighted by atomic mass is 32.3. The van der Waals surface area contributed by atoms with Crippen molar-refractivity contribution in [3.8, 4) is 0 Å². The summed E-state index contributed by atoms with van der Waals surface area (Å²) >= 11 is 1.55. The van der Waals surface area contributed by atoms with E-state index in [1.54, 1.807) is 26.0 Å². The summed E-state index contributed by atoms with van der Waals surface area (Å²) in [5, 5.41) is 11.1. The van der Waals surface area contributed by atoms with Crippen molar-refractivity contribution in [2.45, 2.75) is 105 Å². The Morgan fingerprint density at radius 2 is 1.57 bits per heavy atom. The minimum absolute atomic E-state index is 0.0604. The molecule has 4 rings (SSSR count). The zero-order valence-corrected chi connectivity index (χ0v) is 19.8. The molecule has 0 amide bonds. The molecule has 0 aromatic rings. The summed E-state index contributed by atoms with van der Waals surface area (Å²) in [6.45, 7) is 0. The van der Waals surface area contributed by atoms with E-state index in [-0.39, 0.29) is 35.2 Å². The van der Waals surface area contributed by atoms with Gasteiger partial charge in [0.05, 0.1) is 18.4 Å². The van der Waals surface area contributed by atoms with Crippen LogP contribution in [0.15, 0.2) is 0 Å². The topological polar surface area (TPSA) is 101 Å². The van der Waals surface area contributed by atoms with Crippen molar-refractivity contribution in [2.75, 3.05) is 20.0 Å². The van der Waals surface area contributed by atoms with Crippen LogP contribution in [-0.2, 0) is 19.5 Å². The molecule has 0 spiro atoms. The maximum atomic E-state index is 13.0. The normalized spacial score (nSPS) is 42.7. The van der Waals surface area contributed by atoms with Crippen molar-refractivity contribution in [2.24, 2.45) is 0 Å². The van der Waals surface area contributed by atoms with Crippen LogP contribution in [0, 0.1) is 0 Å². The fourth-order valence-corrected chi connectivity index (χ4v) is 8.79. The van der Waals surface area contributed by atoms with Crippen molar-refractivity contribution < 1.29 is 17.9 Å². The maximum absolute atomic E-state index is 13.0. The van der Waals surface area contributed by atoms with Gasteiger partial charge in [-0.1, -0.05) is 12.8 Å². The lowest BCUT2D eigenvalue weighted by atomic mass is 9.87. The molecule has 4 aliphatic rings. The second kappa shape index (κ2) is 10.3. The van der Waals surface area contributed by atoms with E-state index >= 15 is 0 Å². The molecule has 0 radical (unpaired) electrons. The Kier molecular flexibility index (Phi) is 8.00. The van der Waals surface area contributed by atoms with Crippen molar-refractivity contribution in [3.63, 3.8) is 0 Å². The van der Waals surface area contributed by atoms with Gasteiger partial charge in [0.1, 0.15) is 10.7 Å². The van der Waals surface area contributed by atoms with Gasteiger partial charge in [-0.25, -0.2) is 8.42 Å². The first-order chi connectivity index (χ1) is 14.5. The summed E-state index contributed by atoms with van der Waals surface area (Å²) in [6.07, 6.45) is 8.83. The smallest absolute Gasteiger partial charge is 0.225 e. The molecule has 2 saturated carbocycles. The summed E-state index contributed by atoms with van der Waals surface area (Å²) in [6, 6.07) is 0.955. The molecule has 2 heterocycles. The van der Waals surface area contributed by atoms with Gasteiger partial charge in [-0.3, -0.25) is 16.0 Å². The van der Waals surface area contributed by atoms with E-state index in [0.717, 1.165) is 50.7 Å². The number of hydrogen-bond acceptors (Lipinski definition) is 8. The van der Waals surface area contributed by atoms with E-state index in [1.807, 2.05) is 0 Å². The zero-order valence-electron chi connectivity index (χ0n) is 18.1. The first-order valence-electron chi connectivity index (χ1n) is 11.5. The summed E-state index contributed by atoms with van der Waals surface area (Å²) in [5.74, 6) is 0.926. The fourth-order valence-electron chi connectivity index (χ4n) is 5.50. The number of nitrogens with one attached hydrogen (secondary N) is 4. The molecule has 30 heavy (non-hydrogen) atoms. The van der Waals surface area contributed by atoms with Crippen LogP contribution in [0.3, 0.4) is 0 Å². The quantitative estimate of drug-likeness (QED) is 0.446. The van der Waals surface area contributed by atoms with Gasteiger partial charge >= 0.3 is 0 Å². The van der Waals surface area contributed by atoms with Crippen LogP contribution in [0.2, 0.25) is 0 Å². The Balaban J connectivity index is 1.44. The van der Waals surface area contributed by atoms with Gasteiger partial charge in [0, 0.05) is 32.3 Å². The molecule has 4 fully saturated rings. The Morgan fingerprint density at radius 1 is 0.867 bits per heavy atom. The lowest BCUT2D eigenvalue weighted by molar-refractivity contribution is -0.0667. The predicted octanol–water partition coefficient (Wildman–Crippen LogP) is 1.09. The molecule has 0 bridgehead atoms. The SMILES string of the molecule is COC1CCC(NC2NC3CCCCC3NC2NS(=O)(=O)C2CCCS2)CC1OC. The monoisotopic (exact) mass is 462 g/mol. The van der Waals surface area contributed by atoms with Crippen LogP contribution in [-0.4, -0.2) is 75.6 Å². The minimum Gasteiger partial charge on any atom is -0.379 e. The molecular weight excluding hydrogens is 424 g/mol. The van der Waals surface area contributed by atoms with E-state index in [0.29, 0.717) is 12.1 Å². The lowest BCUT2D eigenvalue weighted by Gasteiger charge is -2.48. The highest BCUT2D eigenvalue weighted by Crippen LogP contribution is 2.31. The van der Waals surface area contributed by atoms with Gasteiger partial charge < -0.3 is 9.47 Å². The summed E-state index contributed by atoms with van der Waals surface area (Å²) in [4.78, 5) is 0. The van der Waals surface area contributed by atoms with Gasteiger partial charge in [0.25, 0.3) is 0 Å². The standard InChI is InChI=1S/C20H38N4O4S2/c1-27-16-10-9-13(12-17(16)28-2)21-19-20(23-15-7-4-3-6-14(15)22-19)24-30(25,26)18-8-5-11-29-18/h13-24H,3-12H2,1-2H3.